The van der Waals surface area contributed by atoms with Gasteiger partial charge < -0.3 is 34.7 Å². The summed E-state index contributed by atoms with van der Waals surface area (Å²) in [6.07, 6.45) is -0.683. The third kappa shape index (κ3) is 6.79. The van der Waals surface area contributed by atoms with Crippen molar-refractivity contribution in [3.05, 3.63) is 24.6 Å². The van der Waals surface area contributed by atoms with E-state index in [2.05, 4.69) is 25.0 Å². The number of phosphoric acid groups is 3. The Kier molecular flexibility index (Phi) is 7.28. The van der Waals surface area contributed by atoms with Gasteiger partial charge in [0.15, 0.2) is 0 Å². The van der Waals surface area contributed by atoms with Crippen LogP contribution in [0.1, 0.15) is 6.92 Å². The Hall–Kier alpha value is -0.920. The molecule has 6 N–H and O–H groups in total. The molecule has 0 spiro atoms. The maximum absolute atomic E-state index is 12.0. The second-order valence-corrected chi connectivity index (χ2v) is 10.4. The first-order valence-corrected chi connectivity index (χ1v) is 12.2. The minimum atomic E-state index is -5.66. The van der Waals surface area contributed by atoms with Crippen molar-refractivity contribution < 1.29 is 61.1 Å². The molecule has 2 heterocycles. The lowest BCUT2D eigenvalue weighted by Gasteiger charge is -2.30. The van der Waals surface area contributed by atoms with Gasteiger partial charge in [0, 0.05) is 17.8 Å². The Morgan fingerprint density at radius 3 is 2.38 bits per heavy atom. The highest BCUT2D eigenvalue weighted by Gasteiger charge is 2.47. The number of aliphatic hydroxyl groups excluding tert-OH is 1. The summed E-state index contributed by atoms with van der Waals surface area (Å²) in [7, 11) is -16.5. The lowest BCUT2D eigenvalue weighted by molar-refractivity contribution is -0.0552. The van der Waals surface area contributed by atoms with Crippen LogP contribution >= 0.6 is 23.5 Å². The molecule has 0 aliphatic carbocycles. The van der Waals surface area contributed by atoms with Gasteiger partial charge in [0.2, 0.25) is 0 Å². The topological polar surface area (TPSA) is 222 Å². The predicted octanol–water partition coefficient (Wildman–Crippen LogP) is 0.104. The summed E-state index contributed by atoms with van der Waals surface area (Å²) in [6.45, 7) is 4.25. The van der Waals surface area contributed by atoms with Crippen LogP contribution in [0.5, 0.6) is 0 Å². The second-order valence-electron chi connectivity index (χ2n) is 5.98. The van der Waals surface area contributed by atoms with E-state index in [0.29, 0.717) is 5.70 Å². The van der Waals surface area contributed by atoms with E-state index < -0.39 is 60.5 Å². The fourth-order valence-corrected chi connectivity index (χ4v) is 5.53. The number of aliphatic hydroxyl groups is 1. The maximum Gasteiger partial charge on any atom is 0.490 e. The number of amides is 2. The summed E-state index contributed by atoms with van der Waals surface area (Å²) < 4.78 is 50.7. The minimum absolute atomic E-state index is 0.335. The molecule has 0 radical (unpaired) electrons. The zero-order valence-corrected chi connectivity index (χ0v) is 17.4. The van der Waals surface area contributed by atoms with Gasteiger partial charge in [-0.3, -0.25) is 9.42 Å². The number of allylic oxidation sites excluding steroid dienone is 1. The van der Waals surface area contributed by atoms with Gasteiger partial charge in [-0.2, -0.15) is 8.62 Å². The average Bonchev–Trinajstić information content (AvgIpc) is 2.78. The van der Waals surface area contributed by atoms with E-state index in [9.17, 15) is 28.5 Å². The van der Waals surface area contributed by atoms with Gasteiger partial charge in [0.05, 0.1) is 12.7 Å². The van der Waals surface area contributed by atoms with Crippen molar-refractivity contribution in [2.24, 2.45) is 5.92 Å². The van der Waals surface area contributed by atoms with E-state index in [0.717, 1.165) is 4.90 Å². The molecule has 0 bridgehead atoms. The van der Waals surface area contributed by atoms with Gasteiger partial charge in [0.25, 0.3) is 0 Å². The van der Waals surface area contributed by atoms with Crippen molar-refractivity contribution in [2.45, 2.75) is 25.4 Å². The highest BCUT2D eigenvalue weighted by molar-refractivity contribution is 7.66. The number of phosphoric ester groups is 1. The third-order valence-corrected chi connectivity index (χ3v) is 7.52. The van der Waals surface area contributed by atoms with Crippen LogP contribution in [0.4, 0.5) is 4.79 Å². The van der Waals surface area contributed by atoms with Gasteiger partial charge in [0.1, 0.15) is 12.3 Å². The molecule has 2 aliphatic rings. The Labute approximate surface area is 164 Å². The molecule has 6 atom stereocenters. The van der Waals surface area contributed by atoms with Crippen LogP contribution in [0.15, 0.2) is 24.6 Å². The first-order chi connectivity index (χ1) is 13.1. The van der Waals surface area contributed by atoms with Gasteiger partial charge >= 0.3 is 29.5 Å². The summed E-state index contributed by atoms with van der Waals surface area (Å²) >= 11 is 0. The Balaban J connectivity index is 2.00. The number of nitrogens with one attached hydrogen (secondary N) is 1. The van der Waals surface area contributed by atoms with Crippen LogP contribution in [-0.2, 0) is 31.6 Å². The quantitative estimate of drug-likeness (QED) is 0.254. The monoisotopic (exact) mass is 480 g/mol. The molecule has 0 aromatic rings. The fourth-order valence-electron chi connectivity index (χ4n) is 2.50. The number of ether oxygens (including phenoxy) is 1. The van der Waals surface area contributed by atoms with Gasteiger partial charge in [-0.25, -0.2) is 18.5 Å². The molecule has 18 heteroatoms. The first kappa shape index (κ1) is 24.4. The molecule has 0 aromatic heterocycles. The van der Waals surface area contributed by atoms with Crippen LogP contribution < -0.4 is 5.32 Å². The molecule has 2 rings (SSSR count). The van der Waals surface area contributed by atoms with E-state index in [1.54, 1.807) is 0 Å². The molecule has 2 amide bonds. The number of carbonyl (C=O) groups is 1. The fraction of sp³-hybridized carbons (Fsp3) is 0.545. The van der Waals surface area contributed by atoms with Crippen LogP contribution in [0.25, 0.3) is 0 Å². The molecule has 29 heavy (non-hydrogen) atoms. The van der Waals surface area contributed by atoms with Crippen LogP contribution in [0.2, 0.25) is 0 Å². The Morgan fingerprint density at radius 2 is 1.83 bits per heavy atom. The first-order valence-electron chi connectivity index (χ1n) is 7.68. The smallest absolute Gasteiger partial charge is 0.390 e. The molecular formula is C11H19N2O13P3. The van der Waals surface area contributed by atoms with Crippen LogP contribution in [0, 0.1) is 5.92 Å². The third-order valence-electron chi connectivity index (χ3n) is 3.71. The largest absolute Gasteiger partial charge is 0.490 e. The maximum atomic E-state index is 12.0. The van der Waals surface area contributed by atoms with E-state index in [-0.39, 0.29) is 0 Å². The second kappa shape index (κ2) is 8.67. The van der Waals surface area contributed by atoms with Crippen LogP contribution in [-0.4, -0.2) is 60.7 Å². The lowest BCUT2D eigenvalue weighted by atomic mass is 10.0. The van der Waals surface area contributed by atoms with Crippen molar-refractivity contribution in [3.8, 4) is 0 Å². The molecular weight excluding hydrogens is 461 g/mol. The van der Waals surface area contributed by atoms with Crippen molar-refractivity contribution in [1.82, 2.24) is 10.2 Å². The summed E-state index contributed by atoms with van der Waals surface area (Å²) in [5.74, 6) is -0.675. The Morgan fingerprint density at radius 1 is 1.21 bits per heavy atom. The standard InChI is InChI=1S/C11H19N2O13P3/c1-6-3-4-13(11(15)12-6)10-7(2)9(14)8(24-10)5-23-28(19,20)26-29(21,22)25-27(16,17)18/h3-4,7-10,14H,1,5H2,2H3,(H,12,15)(H,19,20)(H,21,22)(H2,16,17,18). The van der Waals surface area contributed by atoms with E-state index in [1.807, 2.05) is 0 Å². The van der Waals surface area contributed by atoms with E-state index >= 15 is 0 Å². The molecule has 15 nitrogen and oxygen atoms in total. The zero-order chi connectivity index (χ0) is 22.2. The summed E-state index contributed by atoms with van der Waals surface area (Å²) in [6, 6.07) is -0.588. The molecule has 2 aliphatic heterocycles. The normalized spacial score (nSPS) is 32.0. The Bertz CT molecular complexity index is 840. The molecule has 0 saturated carbocycles. The SMILES string of the molecule is C=C1C=CN(C2OC(COP(=O)(O)OP(=O)(O)OP(=O)(O)O)C(O)C2C)C(=O)N1. The molecule has 0 aromatic carbocycles. The number of carbonyl (C=O) groups excluding carboxylic acids is 1. The molecule has 6 unspecified atom stereocenters. The number of urea groups is 1. The van der Waals surface area contributed by atoms with E-state index in [4.69, 9.17) is 19.4 Å². The highest BCUT2D eigenvalue weighted by atomic mass is 31.3. The van der Waals surface area contributed by atoms with Gasteiger partial charge in [-0.05, 0) is 6.08 Å². The summed E-state index contributed by atoms with van der Waals surface area (Å²) in [5.41, 5.74) is 0.335. The van der Waals surface area contributed by atoms with Gasteiger partial charge in [-0.15, -0.1) is 0 Å². The minimum Gasteiger partial charge on any atom is -0.390 e. The average molecular weight is 480 g/mol. The van der Waals surface area contributed by atoms with Crippen molar-refractivity contribution in [1.29, 1.82) is 0 Å². The van der Waals surface area contributed by atoms with Crippen molar-refractivity contribution >= 4 is 29.5 Å². The van der Waals surface area contributed by atoms with Gasteiger partial charge in [-0.1, -0.05) is 13.5 Å². The predicted molar refractivity (Wildman–Crippen MR) is 92.3 cm³/mol. The molecule has 166 valence electrons. The number of rotatable bonds is 8. The van der Waals surface area contributed by atoms with Crippen molar-refractivity contribution in [2.75, 3.05) is 6.61 Å². The highest BCUT2D eigenvalue weighted by Crippen LogP contribution is 2.66. The summed E-state index contributed by atoms with van der Waals surface area (Å²) in [5, 5.41) is 12.7. The lowest BCUT2D eigenvalue weighted by Crippen LogP contribution is -2.47. The van der Waals surface area contributed by atoms with Crippen LogP contribution in [0.3, 0.4) is 0 Å². The number of hydrogen-bond acceptors (Lipinski definition) is 9. The summed E-state index contributed by atoms with van der Waals surface area (Å²) in [4.78, 5) is 48.6. The number of hydrogen-bond donors (Lipinski definition) is 6. The van der Waals surface area contributed by atoms with E-state index in [1.165, 1.54) is 19.2 Å². The zero-order valence-electron chi connectivity index (χ0n) is 14.7. The molecule has 1 saturated heterocycles. The van der Waals surface area contributed by atoms with Crippen molar-refractivity contribution in [3.63, 3.8) is 0 Å². The number of nitrogens with zero attached hydrogens (tertiary/aromatic N) is 1. The molecule has 1 fully saturated rings.